The summed E-state index contributed by atoms with van der Waals surface area (Å²) in [5, 5.41) is 11.6. The monoisotopic (exact) mass is 219 g/mol. The quantitative estimate of drug-likeness (QED) is 0.750. The molecular formula is C12H13NO3. The van der Waals surface area contributed by atoms with Gasteiger partial charge in [0, 0.05) is 18.2 Å². The van der Waals surface area contributed by atoms with Crippen LogP contribution in [0.25, 0.3) is 0 Å². The van der Waals surface area contributed by atoms with Gasteiger partial charge in [0.15, 0.2) is 0 Å². The molecule has 0 amide bonds. The highest BCUT2D eigenvalue weighted by Crippen LogP contribution is 2.31. The lowest BCUT2D eigenvalue weighted by atomic mass is 10.1. The maximum atomic E-state index is 10.3. The van der Waals surface area contributed by atoms with E-state index in [9.17, 15) is 4.79 Å². The van der Waals surface area contributed by atoms with Crippen molar-refractivity contribution in [3.63, 3.8) is 0 Å². The van der Waals surface area contributed by atoms with Crippen LogP contribution in [0.4, 0.5) is 0 Å². The van der Waals surface area contributed by atoms with Crippen LogP contribution in [0.5, 0.6) is 5.75 Å². The average molecular weight is 219 g/mol. The number of hydrogen-bond acceptors (Lipinski definition) is 3. The third kappa shape index (κ3) is 2.41. The van der Waals surface area contributed by atoms with Crippen molar-refractivity contribution in [2.45, 2.75) is 6.04 Å². The van der Waals surface area contributed by atoms with E-state index in [1.54, 1.807) is 6.08 Å². The Kier molecular flexibility index (Phi) is 3.22. The maximum Gasteiger partial charge on any atom is 0.328 e. The molecule has 4 nitrogen and oxygen atoms in total. The van der Waals surface area contributed by atoms with Gasteiger partial charge in [-0.3, -0.25) is 0 Å². The van der Waals surface area contributed by atoms with Crippen molar-refractivity contribution in [3.8, 4) is 5.75 Å². The largest absolute Gasteiger partial charge is 0.491 e. The summed E-state index contributed by atoms with van der Waals surface area (Å²) in [6.07, 6.45) is 2.72. The number of hydrogen-bond donors (Lipinski definition) is 2. The van der Waals surface area contributed by atoms with Crippen molar-refractivity contribution in [2.75, 3.05) is 13.2 Å². The van der Waals surface area contributed by atoms with E-state index in [0.717, 1.165) is 17.4 Å². The van der Waals surface area contributed by atoms with Gasteiger partial charge in [0.05, 0.1) is 6.04 Å². The highest BCUT2D eigenvalue weighted by atomic mass is 16.5. The van der Waals surface area contributed by atoms with Crippen LogP contribution in [-0.2, 0) is 4.79 Å². The van der Waals surface area contributed by atoms with E-state index in [0.29, 0.717) is 13.2 Å². The molecule has 4 heteroatoms. The fourth-order valence-corrected chi connectivity index (χ4v) is 1.70. The molecule has 84 valence electrons. The van der Waals surface area contributed by atoms with E-state index in [4.69, 9.17) is 9.84 Å². The summed E-state index contributed by atoms with van der Waals surface area (Å²) in [4.78, 5) is 10.3. The van der Waals surface area contributed by atoms with E-state index in [1.165, 1.54) is 0 Å². The summed E-state index contributed by atoms with van der Waals surface area (Å²) in [6.45, 7) is 1.12. The number of carbonyl (C=O) groups is 1. The molecule has 0 fully saturated rings. The van der Waals surface area contributed by atoms with Crippen LogP contribution in [0.2, 0.25) is 0 Å². The average Bonchev–Trinajstić information content (AvgIpc) is 2.68. The molecule has 0 aliphatic carbocycles. The van der Waals surface area contributed by atoms with E-state index in [-0.39, 0.29) is 6.04 Å². The molecule has 1 aliphatic rings. The number of para-hydroxylation sites is 1. The Morgan fingerprint density at radius 3 is 3.19 bits per heavy atom. The summed E-state index contributed by atoms with van der Waals surface area (Å²) < 4.78 is 5.49. The molecule has 1 atom stereocenters. The molecule has 1 unspecified atom stereocenters. The summed E-state index contributed by atoms with van der Waals surface area (Å²) in [5.74, 6) is -0.0212. The number of aliphatic carboxylic acids is 1. The predicted molar refractivity (Wildman–Crippen MR) is 59.5 cm³/mol. The van der Waals surface area contributed by atoms with Gasteiger partial charge in [0.1, 0.15) is 12.4 Å². The zero-order valence-corrected chi connectivity index (χ0v) is 8.72. The molecule has 2 rings (SSSR count). The highest BCUT2D eigenvalue weighted by molar-refractivity contribution is 5.79. The van der Waals surface area contributed by atoms with Crippen LogP contribution in [0.3, 0.4) is 0 Å². The maximum absolute atomic E-state index is 10.3. The minimum Gasteiger partial charge on any atom is -0.491 e. The first-order valence-electron chi connectivity index (χ1n) is 5.12. The fraction of sp³-hybridized carbons (Fsp3) is 0.250. The molecule has 0 saturated heterocycles. The molecule has 0 radical (unpaired) electrons. The first-order chi connectivity index (χ1) is 7.77. The van der Waals surface area contributed by atoms with Gasteiger partial charge in [-0.1, -0.05) is 24.3 Å². The summed E-state index contributed by atoms with van der Waals surface area (Å²) in [5.41, 5.74) is 1.13. The van der Waals surface area contributed by atoms with Gasteiger partial charge in [-0.05, 0) is 6.07 Å². The second-order valence-corrected chi connectivity index (χ2v) is 3.55. The smallest absolute Gasteiger partial charge is 0.328 e. The lowest BCUT2D eigenvalue weighted by molar-refractivity contribution is -0.131. The van der Waals surface area contributed by atoms with Crippen LogP contribution in [0, 0.1) is 0 Å². The number of benzene rings is 1. The molecule has 1 heterocycles. The molecule has 0 saturated carbocycles. The van der Waals surface area contributed by atoms with E-state index in [1.807, 2.05) is 24.3 Å². The van der Waals surface area contributed by atoms with Gasteiger partial charge in [-0.2, -0.15) is 0 Å². The van der Waals surface area contributed by atoms with Gasteiger partial charge in [0.25, 0.3) is 0 Å². The first-order valence-corrected chi connectivity index (χ1v) is 5.12. The number of rotatable bonds is 4. The Bertz CT molecular complexity index is 414. The minimum absolute atomic E-state index is 0.148. The molecule has 16 heavy (non-hydrogen) atoms. The Balaban J connectivity index is 1.91. The van der Waals surface area contributed by atoms with Crippen LogP contribution in [0.15, 0.2) is 36.4 Å². The van der Waals surface area contributed by atoms with Crippen molar-refractivity contribution in [2.24, 2.45) is 0 Å². The van der Waals surface area contributed by atoms with Gasteiger partial charge in [-0.25, -0.2) is 4.79 Å². The van der Waals surface area contributed by atoms with Crippen molar-refractivity contribution in [1.82, 2.24) is 5.32 Å². The summed E-state index contributed by atoms with van der Waals surface area (Å²) >= 11 is 0. The normalized spacial score (nSPS) is 18.4. The zero-order chi connectivity index (χ0) is 11.4. The number of fused-ring (bicyclic) bond motifs is 1. The molecule has 1 aliphatic heterocycles. The van der Waals surface area contributed by atoms with Crippen LogP contribution >= 0.6 is 0 Å². The van der Waals surface area contributed by atoms with E-state index in [2.05, 4.69) is 5.32 Å². The molecule has 2 N–H and O–H groups in total. The topological polar surface area (TPSA) is 58.6 Å². The van der Waals surface area contributed by atoms with Gasteiger partial charge in [-0.15, -0.1) is 0 Å². The number of carboxylic acid groups (broad SMARTS) is 1. The highest BCUT2D eigenvalue weighted by Gasteiger charge is 2.22. The second kappa shape index (κ2) is 4.81. The molecule has 1 aromatic carbocycles. The van der Waals surface area contributed by atoms with Gasteiger partial charge < -0.3 is 15.2 Å². The number of ether oxygens (including phenoxy) is 1. The zero-order valence-electron chi connectivity index (χ0n) is 8.72. The molecular weight excluding hydrogens is 206 g/mol. The Morgan fingerprint density at radius 2 is 2.38 bits per heavy atom. The van der Waals surface area contributed by atoms with Crippen molar-refractivity contribution in [3.05, 3.63) is 42.0 Å². The molecule has 0 bridgehead atoms. The lowest BCUT2D eigenvalue weighted by Gasteiger charge is -2.08. The molecule has 0 aromatic heterocycles. The molecule has 1 aromatic rings. The van der Waals surface area contributed by atoms with Crippen LogP contribution < -0.4 is 10.1 Å². The number of nitrogens with one attached hydrogen (secondary N) is 1. The van der Waals surface area contributed by atoms with Crippen molar-refractivity contribution < 1.29 is 14.6 Å². The predicted octanol–water partition coefficient (Wildman–Crippen LogP) is 1.35. The van der Waals surface area contributed by atoms with Crippen LogP contribution in [0.1, 0.15) is 11.6 Å². The van der Waals surface area contributed by atoms with Crippen molar-refractivity contribution >= 4 is 5.97 Å². The Morgan fingerprint density at radius 1 is 1.56 bits per heavy atom. The SMILES string of the molecule is O=C(O)/C=C/CNC1COc2ccccc21. The standard InChI is InChI=1S/C12H13NO3/c14-12(15)6-3-7-13-10-8-16-11-5-2-1-4-9(10)11/h1-6,10,13H,7-8H2,(H,14,15)/b6-3+. The third-order valence-electron chi connectivity index (χ3n) is 2.44. The molecule has 0 spiro atoms. The third-order valence-corrected chi connectivity index (χ3v) is 2.44. The lowest BCUT2D eigenvalue weighted by Crippen LogP contribution is -2.22. The Labute approximate surface area is 93.5 Å². The van der Waals surface area contributed by atoms with Crippen LogP contribution in [-0.4, -0.2) is 24.2 Å². The van der Waals surface area contributed by atoms with Gasteiger partial charge >= 0.3 is 5.97 Å². The second-order valence-electron chi connectivity index (χ2n) is 3.55. The van der Waals surface area contributed by atoms with Gasteiger partial charge in [0.2, 0.25) is 0 Å². The van der Waals surface area contributed by atoms with Crippen molar-refractivity contribution in [1.29, 1.82) is 0 Å². The fourth-order valence-electron chi connectivity index (χ4n) is 1.70. The summed E-state index contributed by atoms with van der Waals surface area (Å²) in [7, 11) is 0. The Hall–Kier alpha value is -1.81. The van der Waals surface area contributed by atoms with E-state index < -0.39 is 5.97 Å². The minimum atomic E-state index is -0.926. The summed E-state index contributed by atoms with van der Waals surface area (Å²) in [6, 6.07) is 8.00. The number of carboxylic acids is 1. The van der Waals surface area contributed by atoms with E-state index >= 15 is 0 Å². The first kappa shape index (κ1) is 10.7.